The van der Waals surface area contributed by atoms with E-state index < -0.39 is 5.82 Å². The van der Waals surface area contributed by atoms with Crippen LogP contribution in [-0.4, -0.2) is 31.2 Å². The smallest absolute Gasteiger partial charge is 0.235 e. The third-order valence-electron chi connectivity index (χ3n) is 4.51. The second-order valence-electron chi connectivity index (χ2n) is 6.07. The van der Waals surface area contributed by atoms with E-state index in [4.69, 9.17) is 4.42 Å². The van der Waals surface area contributed by atoms with Crippen LogP contribution >= 0.6 is 0 Å². The number of anilines is 2. The van der Waals surface area contributed by atoms with E-state index in [1.54, 1.807) is 18.2 Å². The summed E-state index contributed by atoms with van der Waals surface area (Å²) in [5.74, 6) is 0.136. The summed E-state index contributed by atoms with van der Waals surface area (Å²) in [6.45, 7) is 3.03. The first-order valence-electron chi connectivity index (χ1n) is 8.47. The normalized spacial score (nSPS) is 14.3. The Hall–Kier alpha value is -3.33. The number of piperazine rings is 1. The Kier molecular flexibility index (Phi) is 4.28. The molecule has 1 aliphatic rings. The molecule has 1 fully saturated rings. The molecule has 0 radical (unpaired) electrons. The molecule has 3 aromatic rings. The summed E-state index contributed by atoms with van der Waals surface area (Å²) in [5.41, 5.74) is 1.63. The van der Waals surface area contributed by atoms with Crippen molar-refractivity contribution < 1.29 is 8.81 Å². The Bertz CT molecular complexity index is 940. The fraction of sp³-hybridized carbons (Fsp3) is 0.200. The molecule has 0 unspecified atom stereocenters. The maximum absolute atomic E-state index is 14.0. The fourth-order valence-electron chi connectivity index (χ4n) is 3.16. The molecule has 2 aromatic carbocycles. The summed E-state index contributed by atoms with van der Waals surface area (Å²) >= 11 is 0. The van der Waals surface area contributed by atoms with E-state index in [1.807, 2.05) is 23.1 Å². The molecule has 26 heavy (non-hydrogen) atoms. The molecule has 1 aromatic heterocycles. The quantitative estimate of drug-likeness (QED) is 0.723. The Balaban J connectivity index is 1.56. The van der Waals surface area contributed by atoms with Gasteiger partial charge in [-0.2, -0.15) is 10.2 Å². The molecule has 0 N–H and O–H groups in total. The number of benzene rings is 2. The van der Waals surface area contributed by atoms with Crippen LogP contribution < -0.4 is 9.80 Å². The molecule has 5 nitrogen and oxygen atoms in total. The second-order valence-corrected chi connectivity index (χ2v) is 6.07. The molecule has 0 aliphatic carbocycles. The molecule has 6 heteroatoms. The van der Waals surface area contributed by atoms with E-state index in [2.05, 4.69) is 28.1 Å². The van der Waals surface area contributed by atoms with Crippen LogP contribution in [0.15, 0.2) is 59.0 Å². The topological polar surface area (TPSA) is 56.3 Å². The summed E-state index contributed by atoms with van der Waals surface area (Å²) in [4.78, 5) is 8.47. The lowest BCUT2D eigenvalue weighted by Gasteiger charge is -2.35. The van der Waals surface area contributed by atoms with Crippen molar-refractivity contribution in [2.24, 2.45) is 0 Å². The maximum Gasteiger partial charge on any atom is 0.235 e. The highest BCUT2D eigenvalue weighted by atomic mass is 19.1. The average molecular weight is 348 g/mol. The van der Waals surface area contributed by atoms with Gasteiger partial charge in [0.2, 0.25) is 17.5 Å². The Morgan fingerprint density at radius 1 is 0.923 bits per heavy atom. The number of hydrogen-bond acceptors (Lipinski definition) is 5. The number of aromatic nitrogens is 1. The van der Waals surface area contributed by atoms with Crippen LogP contribution in [0, 0.1) is 17.1 Å². The molecule has 0 atom stereocenters. The number of hydrogen-bond donors (Lipinski definition) is 0. The van der Waals surface area contributed by atoms with E-state index in [0.717, 1.165) is 13.1 Å². The Labute approximate surface area is 150 Å². The van der Waals surface area contributed by atoms with E-state index in [9.17, 15) is 9.65 Å². The van der Waals surface area contributed by atoms with Crippen molar-refractivity contribution in [3.05, 3.63) is 66.1 Å². The first-order chi connectivity index (χ1) is 12.8. The second kappa shape index (κ2) is 6.89. The zero-order valence-corrected chi connectivity index (χ0v) is 14.1. The van der Waals surface area contributed by atoms with E-state index in [-0.39, 0.29) is 17.1 Å². The standard InChI is InChI=1S/C20H17FN4O/c21-17-9-5-4-8-16(17)19-23-18(14-22)20(26-19)25-12-10-24(11-13-25)15-6-2-1-3-7-15/h1-9H,10-13H2. The molecule has 130 valence electrons. The first kappa shape index (κ1) is 16.2. The molecule has 0 saturated carbocycles. The van der Waals surface area contributed by atoms with Gasteiger partial charge in [-0.3, -0.25) is 0 Å². The number of para-hydroxylation sites is 1. The Morgan fingerprint density at radius 3 is 2.27 bits per heavy atom. The van der Waals surface area contributed by atoms with Gasteiger partial charge >= 0.3 is 0 Å². The van der Waals surface area contributed by atoms with Crippen molar-refractivity contribution in [1.82, 2.24) is 4.98 Å². The molecule has 1 aliphatic heterocycles. The summed E-state index contributed by atoms with van der Waals surface area (Å²) in [6.07, 6.45) is 0. The summed E-state index contributed by atoms with van der Waals surface area (Å²) in [5, 5.41) is 9.41. The van der Waals surface area contributed by atoms with Crippen LogP contribution in [0.25, 0.3) is 11.5 Å². The lowest BCUT2D eigenvalue weighted by atomic mass is 10.2. The monoisotopic (exact) mass is 348 g/mol. The van der Waals surface area contributed by atoms with Gasteiger partial charge in [0.25, 0.3) is 0 Å². The molecular formula is C20H17FN4O. The summed E-state index contributed by atoms with van der Waals surface area (Å²) in [6, 6.07) is 18.5. The lowest BCUT2D eigenvalue weighted by molar-refractivity contribution is 0.526. The minimum Gasteiger partial charge on any atom is -0.419 e. The van der Waals surface area contributed by atoms with Crippen molar-refractivity contribution in [2.75, 3.05) is 36.0 Å². The van der Waals surface area contributed by atoms with Gasteiger partial charge < -0.3 is 14.2 Å². The van der Waals surface area contributed by atoms with Crippen molar-refractivity contribution >= 4 is 11.6 Å². The van der Waals surface area contributed by atoms with Crippen LogP contribution in [0.3, 0.4) is 0 Å². The number of oxazole rings is 1. The van der Waals surface area contributed by atoms with Crippen LogP contribution in [-0.2, 0) is 0 Å². The maximum atomic E-state index is 14.0. The van der Waals surface area contributed by atoms with Crippen LogP contribution in [0.5, 0.6) is 0 Å². The molecule has 0 spiro atoms. The van der Waals surface area contributed by atoms with Crippen LogP contribution in [0.2, 0.25) is 0 Å². The fourth-order valence-corrected chi connectivity index (χ4v) is 3.16. The minimum atomic E-state index is -0.418. The highest BCUT2D eigenvalue weighted by Crippen LogP contribution is 2.30. The van der Waals surface area contributed by atoms with Gasteiger partial charge in [-0.05, 0) is 24.3 Å². The zero-order valence-electron chi connectivity index (χ0n) is 14.1. The summed E-state index contributed by atoms with van der Waals surface area (Å²) < 4.78 is 19.8. The predicted octanol–water partition coefficient (Wildman–Crippen LogP) is 3.68. The van der Waals surface area contributed by atoms with E-state index >= 15 is 0 Å². The van der Waals surface area contributed by atoms with Crippen LogP contribution in [0.4, 0.5) is 16.0 Å². The SMILES string of the molecule is N#Cc1nc(-c2ccccc2F)oc1N1CCN(c2ccccc2)CC1. The number of halogens is 1. The van der Waals surface area contributed by atoms with Crippen molar-refractivity contribution in [1.29, 1.82) is 5.26 Å². The summed E-state index contributed by atoms with van der Waals surface area (Å²) in [7, 11) is 0. The van der Waals surface area contributed by atoms with Crippen LogP contribution in [0.1, 0.15) is 5.69 Å². The minimum absolute atomic E-state index is 0.139. The van der Waals surface area contributed by atoms with Crippen molar-refractivity contribution in [3.63, 3.8) is 0 Å². The highest BCUT2D eigenvalue weighted by molar-refractivity contribution is 5.60. The third-order valence-corrected chi connectivity index (χ3v) is 4.51. The largest absolute Gasteiger partial charge is 0.419 e. The first-order valence-corrected chi connectivity index (χ1v) is 8.47. The van der Waals surface area contributed by atoms with Crippen molar-refractivity contribution in [3.8, 4) is 17.5 Å². The molecule has 1 saturated heterocycles. The molecule has 2 heterocycles. The third kappa shape index (κ3) is 3.00. The van der Waals surface area contributed by atoms with Gasteiger partial charge in [0.15, 0.2) is 0 Å². The molecule has 4 rings (SSSR count). The van der Waals surface area contributed by atoms with Gasteiger partial charge in [0, 0.05) is 31.9 Å². The van der Waals surface area contributed by atoms with Gasteiger partial charge in [0.1, 0.15) is 11.9 Å². The zero-order chi connectivity index (χ0) is 17.9. The van der Waals surface area contributed by atoms with Gasteiger partial charge in [-0.25, -0.2) is 4.39 Å². The number of nitriles is 1. The molecule has 0 amide bonds. The lowest BCUT2D eigenvalue weighted by Crippen LogP contribution is -2.46. The number of nitrogens with zero attached hydrogens (tertiary/aromatic N) is 4. The average Bonchev–Trinajstić information content (AvgIpc) is 3.13. The van der Waals surface area contributed by atoms with E-state index in [0.29, 0.717) is 19.0 Å². The Morgan fingerprint density at radius 2 is 1.58 bits per heavy atom. The molecule has 0 bridgehead atoms. The predicted molar refractivity (Wildman–Crippen MR) is 97.5 cm³/mol. The van der Waals surface area contributed by atoms with Crippen molar-refractivity contribution in [2.45, 2.75) is 0 Å². The van der Waals surface area contributed by atoms with E-state index in [1.165, 1.54) is 11.8 Å². The van der Waals surface area contributed by atoms with Gasteiger partial charge in [-0.1, -0.05) is 30.3 Å². The molecular weight excluding hydrogens is 331 g/mol. The van der Waals surface area contributed by atoms with Gasteiger partial charge in [0.05, 0.1) is 5.56 Å². The van der Waals surface area contributed by atoms with Gasteiger partial charge in [-0.15, -0.1) is 0 Å². The number of rotatable bonds is 3. The highest BCUT2D eigenvalue weighted by Gasteiger charge is 2.25.